The molecule has 0 radical (unpaired) electrons. The summed E-state index contributed by atoms with van der Waals surface area (Å²) in [6, 6.07) is 21.6. The van der Waals surface area contributed by atoms with Crippen LogP contribution in [0.1, 0.15) is 29.5 Å². The summed E-state index contributed by atoms with van der Waals surface area (Å²) >= 11 is 0. The van der Waals surface area contributed by atoms with Gasteiger partial charge in [0.1, 0.15) is 11.6 Å². The Balaban J connectivity index is 1.37. The van der Waals surface area contributed by atoms with Crippen LogP contribution in [0.15, 0.2) is 77.7 Å². The van der Waals surface area contributed by atoms with Crippen LogP contribution in [0.2, 0.25) is 0 Å². The molecular weight excluding hydrogens is 463 g/mol. The number of hydrogen-bond acceptors (Lipinski definition) is 4. The number of benzene rings is 3. The van der Waals surface area contributed by atoms with Crippen molar-refractivity contribution < 1.29 is 17.5 Å². The Hall–Kier alpha value is -2.74. The summed E-state index contributed by atoms with van der Waals surface area (Å²) in [7, 11) is -1.92. The number of nitrogens with zero attached hydrogens (tertiary/aromatic N) is 1. The average molecular weight is 497 g/mol. The van der Waals surface area contributed by atoms with Gasteiger partial charge in [0.15, 0.2) is 0 Å². The minimum Gasteiger partial charge on any atom is -0.496 e. The summed E-state index contributed by atoms with van der Waals surface area (Å²) in [5.41, 5.74) is 3.94. The molecule has 186 valence electrons. The number of ether oxygens (including phenoxy) is 1. The second-order valence-electron chi connectivity index (χ2n) is 9.13. The van der Waals surface area contributed by atoms with Crippen LogP contribution in [0, 0.1) is 11.7 Å². The second-order valence-corrected chi connectivity index (χ2v) is 10.9. The molecule has 1 aliphatic rings. The van der Waals surface area contributed by atoms with Crippen molar-refractivity contribution in [3.05, 3.63) is 95.3 Å². The van der Waals surface area contributed by atoms with Crippen LogP contribution in [-0.2, 0) is 29.4 Å². The van der Waals surface area contributed by atoms with Gasteiger partial charge >= 0.3 is 0 Å². The maximum Gasteiger partial charge on any atom is 0.240 e. The van der Waals surface area contributed by atoms with Gasteiger partial charge in [-0.25, -0.2) is 17.5 Å². The van der Waals surface area contributed by atoms with E-state index in [4.69, 9.17) is 4.74 Å². The number of methoxy groups -OCH3 is 1. The van der Waals surface area contributed by atoms with Crippen molar-refractivity contribution in [1.82, 2.24) is 9.62 Å². The number of fused-ring (bicyclic) bond motifs is 1. The van der Waals surface area contributed by atoms with Gasteiger partial charge in [-0.2, -0.15) is 0 Å². The molecule has 3 aromatic carbocycles. The Labute approximate surface area is 208 Å². The Morgan fingerprint density at radius 2 is 1.80 bits per heavy atom. The third kappa shape index (κ3) is 6.90. The minimum absolute atomic E-state index is 0.0786. The van der Waals surface area contributed by atoms with Gasteiger partial charge in [0.05, 0.1) is 12.0 Å². The van der Waals surface area contributed by atoms with Crippen LogP contribution >= 0.6 is 0 Å². The lowest BCUT2D eigenvalue weighted by Crippen LogP contribution is -2.34. The smallest absolute Gasteiger partial charge is 0.240 e. The maximum absolute atomic E-state index is 13.1. The third-order valence-corrected chi connectivity index (χ3v) is 8.07. The number of hydrogen-bond donors (Lipinski definition) is 1. The maximum atomic E-state index is 13.1. The molecule has 0 aliphatic heterocycles. The van der Waals surface area contributed by atoms with Crippen molar-refractivity contribution in [2.45, 2.75) is 37.1 Å². The molecule has 35 heavy (non-hydrogen) atoms. The number of nitrogens with one attached hydrogen (secondary N) is 1. The van der Waals surface area contributed by atoms with Crippen LogP contribution in [0.3, 0.4) is 0 Å². The lowest BCUT2D eigenvalue weighted by Gasteiger charge is -2.31. The Bertz CT molecular complexity index is 1190. The zero-order valence-electron chi connectivity index (χ0n) is 20.1. The van der Waals surface area contributed by atoms with Crippen LogP contribution in [0.5, 0.6) is 5.75 Å². The highest BCUT2D eigenvalue weighted by molar-refractivity contribution is 7.89. The highest BCUT2D eigenvalue weighted by atomic mass is 32.2. The van der Waals surface area contributed by atoms with E-state index in [0.717, 1.165) is 56.8 Å². The van der Waals surface area contributed by atoms with Crippen molar-refractivity contribution in [2.75, 3.05) is 26.7 Å². The van der Waals surface area contributed by atoms with E-state index < -0.39 is 15.8 Å². The molecule has 7 heteroatoms. The number of halogens is 1. The van der Waals surface area contributed by atoms with Gasteiger partial charge in [0, 0.05) is 19.6 Å². The lowest BCUT2D eigenvalue weighted by atomic mass is 9.83. The molecular formula is C28H33FN2O3S. The second kappa shape index (κ2) is 11.8. The predicted molar refractivity (Wildman–Crippen MR) is 136 cm³/mol. The SMILES string of the molecule is COc1cccc2c1CC(CN(CCCNS(=O)(=O)c1ccc(F)cc1)Cc1ccccc1)CC2. The van der Waals surface area contributed by atoms with Gasteiger partial charge in [0.25, 0.3) is 0 Å². The lowest BCUT2D eigenvalue weighted by molar-refractivity contribution is 0.209. The van der Waals surface area contributed by atoms with E-state index >= 15 is 0 Å². The highest BCUT2D eigenvalue weighted by Gasteiger charge is 2.23. The zero-order valence-corrected chi connectivity index (χ0v) is 20.9. The first-order valence-corrected chi connectivity index (χ1v) is 13.6. The molecule has 0 saturated carbocycles. The minimum atomic E-state index is -3.65. The number of sulfonamides is 1. The van der Waals surface area contributed by atoms with Gasteiger partial charge < -0.3 is 4.74 Å². The largest absolute Gasteiger partial charge is 0.496 e. The molecule has 4 rings (SSSR count). The van der Waals surface area contributed by atoms with Crippen LogP contribution in [0.25, 0.3) is 0 Å². The van der Waals surface area contributed by atoms with Crippen LogP contribution in [0.4, 0.5) is 4.39 Å². The molecule has 0 heterocycles. The van der Waals surface area contributed by atoms with Crippen LogP contribution < -0.4 is 9.46 Å². The van der Waals surface area contributed by atoms with Crippen molar-refractivity contribution in [2.24, 2.45) is 5.92 Å². The monoisotopic (exact) mass is 496 g/mol. The fourth-order valence-corrected chi connectivity index (χ4v) is 5.90. The molecule has 0 spiro atoms. The van der Waals surface area contributed by atoms with Crippen molar-refractivity contribution in [3.8, 4) is 5.75 Å². The Morgan fingerprint density at radius 3 is 2.54 bits per heavy atom. The van der Waals surface area contributed by atoms with E-state index in [2.05, 4.69) is 33.9 Å². The molecule has 0 saturated heterocycles. The van der Waals surface area contributed by atoms with Crippen molar-refractivity contribution >= 4 is 10.0 Å². The Kier molecular flexibility index (Phi) is 8.55. The van der Waals surface area contributed by atoms with Gasteiger partial charge in [0.2, 0.25) is 10.0 Å². The molecule has 1 unspecified atom stereocenters. The summed E-state index contributed by atoms with van der Waals surface area (Å²) in [6.07, 6.45) is 3.85. The van der Waals surface area contributed by atoms with E-state index in [1.165, 1.54) is 28.8 Å². The molecule has 0 fully saturated rings. The van der Waals surface area contributed by atoms with E-state index in [1.54, 1.807) is 7.11 Å². The molecule has 1 N–H and O–H groups in total. The van der Waals surface area contributed by atoms with E-state index in [-0.39, 0.29) is 4.90 Å². The summed E-state index contributed by atoms with van der Waals surface area (Å²) < 4.78 is 46.4. The summed E-state index contributed by atoms with van der Waals surface area (Å²) in [5, 5.41) is 0. The number of rotatable bonds is 11. The molecule has 0 amide bonds. The van der Waals surface area contributed by atoms with E-state index in [9.17, 15) is 12.8 Å². The number of aryl methyl sites for hydroxylation is 1. The average Bonchev–Trinajstić information content (AvgIpc) is 2.87. The van der Waals surface area contributed by atoms with Crippen molar-refractivity contribution in [3.63, 3.8) is 0 Å². The molecule has 1 aliphatic carbocycles. The van der Waals surface area contributed by atoms with E-state index in [0.29, 0.717) is 18.9 Å². The van der Waals surface area contributed by atoms with Gasteiger partial charge in [-0.15, -0.1) is 0 Å². The van der Waals surface area contributed by atoms with Crippen LogP contribution in [-0.4, -0.2) is 40.1 Å². The molecule has 5 nitrogen and oxygen atoms in total. The van der Waals surface area contributed by atoms with Gasteiger partial charge in [-0.05, 0) is 85.2 Å². The zero-order chi connectivity index (χ0) is 24.7. The first-order valence-electron chi connectivity index (χ1n) is 12.1. The Morgan fingerprint density at radius 1 is 1.03 bits per heavy atom. The predicted octanol–water partition coefficient (Wildman–Crippen LogP) is 4.81. The molecule has 3 aromatic rings. The van der Waals surface area contributed by atoms with Crippen molar-refractivity contribution in [1.29, 1.82) is 0 Å². The quantitative estimate of drug-likeness (QED) is 0.387. The van der Waals surface area contributed by atoms with Gasteiger partial charge in [-0.3, -0.25) is 4.90 Å². The fraction of sp³-hybridized carbons (Fsp3) is 0.357. The first-order chi connectivity index (χ1) is 16.9. The van der Waals surface area contributed by atoms with Gasteiger partial charge in [-0.1, -0.05) is 42.5 Å². The third-order valence-electron chi connectivity index (χ3n) is 6.60. The summed E-state index contributed by atoms with van der Waals surface area (Å²) in [4.78, 5) is 2.50. The topological polar surface area (TPSA) is 58.6 Å². The molecule has 0 bridgehead atoms. The highest BCUT2D eigenvalue weighted by Crippen LogP contribution is 2.32. The summed E-state index contributed by atoms with van der Waals surface area (Å²) in [5.74, 6) is 1.03. The molecule has 1 atom stereocenters. The normalized spacial score (nSPS) is 15.7. The molecule has 0 aromatic heterocycles. The standard InChI is InChI=1S/C28H33FN2O3S/c1-34-28-10-5-9-24-12-11-23(19-27(24)28)21-31(20-22-7-3-2-4-8-22)18-6-17-30-35(32,33)26-15-13-25(29)14-16-26/h2-5,7-10,13-16,23,30H,6,11-12,17-21H2,1H3. The van der Waals surface area contributed by atoms with E-state index in [1.807, 2.05) is 24.3 Å². The fourth-order valence-electron chi connectivity index (χ4n) is 4.82. The first kappa shape index (κ1) is 25.4. The summed E-state index contributed by atoms with van der Waals surface area (Å²) in [6.45, 7) is 2.86.